The van der Waals surface area contributed by atoms with Crippen LogP contribution in [0.2, 0.25) is 0 Å². The van der Waals surface area contributed by atoms with E-state index in [9.17, 15) is 31.7 Å². The minimum absolute atomic E-state index is 0.00969. The first kappa shape index (κ1) is 32.2. The van der Waals surface area contributed by atoms with E-state index in [1.165, 1.54) is 43.7 Å². The smallest absolute Gasteiger partial charge is 0.339 e. The van der Waals surface area contributed by atoms with Gasteiger partial charge < -0.3 is 8.92 Å². The molecule has 0 aliphatic rings. The van der Waals surface area contributed by atoms with Gasteiger partial charge >= 0.3 is 10.1 Å². The quantitative estimate of drug-likeness (QED) is 0.125. The lowest BCUT2D eigenvalue weighted by Gasteiger charge is -2.19. The number of amides is 1. The van der Waals surface area contributed by atoms with Crippen molar-refractivity contribution in [3.05, 3.63) is 88.0 Å². The van der Waals surface area contributed by atoms with E-state index in [4.69, 9.17) is 8.92 Å². The predicted molar refractivity (Wildman–Crippen MR) is 154 cm³/mol. The standard InChI is InChI=1S/C27H30N4O9S2/c1-18(2)15-24(30-41(35,36)22-10-5-19(3)6-11-22)27(32)29-28-17-20-7-14-25(26(16-20)39-4)40-42(37,38)23-12-8-21(9-13-23)31(33)34/h5-14,16-18,24,30H,15H2,1-4H3,(H,29,32)/b28-17-/t24-/m0/s1. The van der Waals surface area contributed by atoms with E-state index in [1.54, 1.807) is 12.1 Å². The minimum Gasteiger partial charge on any atom is -0.493 e. The van der Waals surface area contributed by atoms with Gasteiger partial charge in [0.1, 0.15) is 10.9 Å². The summed E-state index contributed by atoms with van der Waals surface area (Å²) in [6, 6.07) is 13.5. The lowest BCUT2D eigenvalue weighted by Crippen LogP contribution is -2.46. The van der Waals surface area contributed by atoms with Crippen LogP contribution < -0.4 is 19.1 Å². The van der Waals surface area contributed by atoms with Crippen LogP contribution in [0.25, 0.3) is 0 Å². The van der Waals surface area contributed by atoms with Crippen molar-refractivity contribution in [3.8, 4) is 11.5 Å². The van der Waals surface area contributed by atoms with Gasteiger partial charge in [-0.3, -0.25) is 14.9 Å². The Morgan fingerprint density at radius 3 is 2.17 bits per heavy atom. The molecule has 0 bridgehead atoms. The third kappa shape index (κ3) is 8.58. The number of nitrogens with one attached hydrogen (secondary N) is 2. The van der Waals surface area contributed by atoms with Gasteiger partial charge in [0, 0.05) is 12.1 Å². The molecule has 0 aromatic heterocycles. The Morgan fingerprint density at radius 1 is 0.976 bits per heavy atom. The molecule has 2 N–H and O–H groups in total. The number of methoxy groups -OCH3 is 1. The summed E-state index contributed by atoms with van der Waals surface area (Å²) >= 11 is 0. The Bertz CT molecular complexity index is 1670. The Labute approximate surface area is 243 Å². The number of rotatable bonds is 13. The SMILES string of the molecule is COc1cc(/C=N\NC(=O)[C@H](CC(C)C)NS(=O)(=O)c2ccc(C)cc2)ccc1OS(=O)(=O)c1ccc([N+](=O)[O-])cc1. The van der Waals surface area contributed by atoms with E-state index in [0.717, 1.165) is 29.8 Å². The van der Waals surface area contributed by atoms with Gasteiger partial charge in [0.25, 0.3) is 11.6 Å². The van der Waals surface area contributed by atoms with Crippen molar-refractivity contribution < 1.29 is 35.5 Å². The highest BCUT2D eigenvalue weighted by Gasteiger charge is 2.26. The number of non-ortho nitro benzene ring substituents is 1. The molecule has 1 atom stereocenters. The summed E-state index contributed by atoms with van der Waals surface area (Å²) in [5.41, 5.74) is 3.34. The number of nitrogens with zero attached hydrogens (tertiary/aromatic N) is 2. The Kier molecular flexibility index (Phi) is 10.4. The summed E-state index contributed by atoms with van der Waals surface area (Å²) in [5.74, 6) is -0.805. The molecule has 0 saturated heterocycles. The van der Waals surface area contributed by atoms with Crippen LogP contribution in [0.3, 0.4) is 0 Å². The zero-order valence-corrected chi connectivity index (χ0v) is 24.8. The van der Waals surface area contributed by atoms with Gasteiger partial charge in [0.2, 0.25) is 10.0 Å². The Balaban J connectivity index is 1.72. The molecule has 0 heterocycles. The van der Waals surface area contributed by atoms with E-state index in [-0.39, 0.29) is 39.3 Å². The number of benzene rings is 3. The fourth-order valence-electron chi connectivity index (χ4n) is 3.64. The zero-order valence-electron chi connectivity index (χ0n) is 23.2. The Hall–Kier alpha value is -4.34. The summed E-state index contributed by atoms with van der Waals surface area (Å²) < 4.78 is 63.8. The second-order valence-electron chi connectivity index (χ2n) is 9.55. The molecule has 0 spiro atoms. The Morgan fingerprint density at radius 2 is 1.60 bits per heavy atom. The number of aryl methyl sites for hydroxylation is 1. The maximum absolute atomic E-state index is 12.9. The van der Waals surface area contributed by atoms with E-state index in [2.05, 4.69) is 15.2 Å². The third-order valence-electron chi connectivity index (χ3n) is 5.76. The molecule has 224 valence electrons. The summed E-state index contributed by atoms with van der Waals surface area (Å²) in [7, 11) is -7.02. The van der Waals surface area contributed by atoms with Crippen LogP contribution in [0.4, 0.5) is 5.69 Å². The highest BCUT2D eigenvalue weighted by molar-refractivity contribution is 7.89. The molecule has 3 rings (SSSR count). The van der Waals surface area contributed by atoms with E-state index in [0.29, 0.717) is 5.56 Å². The monoisotopic (exact) mass is 618 g/mol. The van der Waals surface area contributed by atoms with E-state index < -0.39 is 37.0 Å². The second-order valence-corrected chi connectivity index (χ2v) is 12.8. The topological polar surface area (TPSA) is 183 Å². The first-order valence-electron chi connectivity index (χ1n) is 12.5. The normalized spacial score (nSPS) is 12.7. The van der Waals surface area contributed by atoms with Crippen molar-refractivity contribution in [2.45, 2.75) is 43.0 Å². The van der Waals surface area contributed by atoms with Crippen molar-refractivity contribution in [2.24, 2.45) is 11.0 Å². The molecule has 13 nitrogen and oxygen atoms in total. The number of nitro benzene ring substituents is 1. The molecular formula is C27H30N4O9S2. The molecule has 0 unspecified atom stereocenters. The average Bonchev–Trinajstić information content (AvgIpc) is 2.93. The molecule has 0 aliphatic heterocycles. The lowest BCUT2D eigenvalue weighted by molar-refractivity contribution is -0.384. The maximum Gasteiger partial charge on any atom is 0.339 e. The fourth-order valence-corrected chi connectivity index (χ4v) is 5.78. The summed E-state index contributed by atoms with van der Waals surface area (Å²) in [5, 5.41) is 14.7. The van der Waals surface area contributed by atoms with Gasteiger partial charge in [0.15, 0.2) is 11.5 Å². The fraction of sp³-hybridized carbons (Fsp3) is 0.259. The zero-order chi connectivity index (χ0) is 31.1. The number of ether oxygens (including phenoxy) is 1. The van der Waals surface area contributed by atoms with Crippen molar-refractivity contribution in [3.63, 3.8) is 0 Å². The average molecular weight is 619 g/mol. The molecule has 0 aliphatic carbocycles. The van der Waals surface area contributed by atoms with Gasteiger partial charge in [-0.15, -0.1) is 0 Å². The molecular weight excluding hydrogens is 588 g/mol. The summed E-state index contributed by atoms with van der Waals surface area (Å²) in [6.07, 6.45) is 1.48. The van der Waals surface area contributed by atoms with E-state index in [1.807, 2.05) is 20.8 Å². The first-order valence-corrected chi connectivity index (χ1v) is 15.4. The molecule has 3 aromatic rings. The number of nitro groups is 1. The molecule has 0 fully saturated rings. The van der Waals surface area contributed by atoms with Gasteiger partial charge in [-0.2, -0.15) is 18.2 Å². The van der Waals surface area contributed by atoms with Crippen LogP contribution in [-0.4, -0.2) is 47.0 Å². The largest absolute Gasteiger partial charge is 0.493 e. The number of sulfonamides is 1. The summed E-state index contributed by atoms with van der Waals surface area (Å²) in [6.45, 7) is 5.53. The second kappa shape index (κ2) is 13.5. The number of hydrazone groups is 1. The van der Waals surface area contributed by atoms with E-state index >= 15 is 0 Å². The maximum atomic E-state index is 12.9. The number of carbonyl (C=O) groups is 1. The first-order chi connectivity index (χ1) is 19.7. The number of hydrogen-bond acceptors (Lipinski definition) is 10. The van der Waals surface area contributed by atoms with Gasteiger partial charge in [-0.05, 0) is 67.3 Å². The molecule has 0 saturated carbocycles. The van der Waals surface area contributed by atoms with Gasteiger partial charge in [-0.25, -0.2) is 13.8 Å². The van der Waals surface area contributed by atoms with Gasteiger partial charge in [0.05, 0.1) is 23.1 Å². The van der Waals surface area contributed by atoms with Crippen LogP contribution in [0.5, 0.6) is 11.5 Å². The number of hydrogen-bond donors (Lipinski definition) is 2. The van der Waals surface area contributed by atoms with Crippen molar-refractivity contribution >= 4 is 38.0 Å². The van der Waals surface area contributed by atoms with Crippen LogP contribution in [0, 0.1) is 23.0 Å². The van der Waals surface area contributed by atoms with Crippen molar-refractivity contribution in [1.82, 2.24) is 10.1 Å². The molecule has 3 aromatic carbocycles. The molecule has 0 radical (unpaired) electrons. The highest BCUT2D eigenvalue weighted by atomic mass is 32.2. The summed E-state index contributed by atoms with van der Waals surface area (Å²) in [4.78, 5) is 22.8. The third-order valence-corrected chi connectivity index (χ3v) is 8.50. The minimum atomic E-state index is -4.34. The van der Waals surface area contributed by atoms with Crippen LogP contribution in [-0.2, 0) is 24.9 Å². The highest BCUT2D eigenvalue weighted by Crippen LogP contribution is 2.31. The molecule has 1 amide bonds. The van der Waals surface area contributed by atoms with Crippen LogP contribution in [0.15, 0.2) is 81.6 Å². The predicted octanol–water partition coefficient (Wildman–Crippen LogP) is 3.52. The van der Waals surface area contributed by atoms with Crippen molar-refractivity contribution in [2.75, 3.05) is 7.11 Å². The molecule has 15 heteroatoms. The van der Waals surface area contributed by atoms with Gasteiger partial charge in [-0.1, -0.05) is 31.5 Å². The van der Waals surface area contributed by atoms with Crippen molar-refractivity contribution in [1.29, 1.82) is 0 Å². The van der Waals surface area contributed by atoms with Crippen LogP contribution >= 0.6 is 0 Å². The molecule has 42 heavy (non-hydrogen) atoms. The lowest BCUT2D eigenvalue weighted by atomic mass is 10.0. The number of carbonyl (C=O) groups excluding carboxylic acids is 1. The van der Waals surface area contributed by atoms with Crippen LogP contribution in [0.1, 0.15) is 31.4 Å².